The fourth-order valence-corrected chi connectivity index (χ4v) is 4.38. The number of aromatic nitrogens is 2. The third-order valence-corrected chi connectivity index (χ3v) is 5.95. The summed E-state index contributed by atoms with van der Waals surface area (Å²) in [5, 5.41) is 2.44. The number of hydrogen-bond acceptors (Lipinski definition) is 6. The number of halogens is 1. The first-order valence-electron chi connectivity index (χ1n) is 8.81. The lowest BCUT2D eigenvalue weighted by Gasteiger charge is -2.13. The highest BCUT2D eigenvalue weighted by molar-refractivity contribution is 7.99. The molecule has 0 bridgehead atoms. The van der Waals surface area contributed by atoms with Gasteiger partial charge in [-0.2, -0.15) is 0 Å². The third-order valence-electron chi connectivity index (χ3n) is 4.16. The molecule has 8 heteroatoms. The van der Waals surface area contributed by atoms with E-state index in [-0.39, 0.29) is 11.4 Å². The van der Waals surface area contributed by atoms with Gasteiger partial charge in [-0.05, 0) is 47.8 Å². The van der Waals surface area contributed by atoms with Gasteiger partial charge in [0.2, 0.25) is 0 Å². The predicted molar refractivity (Wildman–Crippen MR) is 114 cm³/mol. The number of rotatable bonds is 7. The number of benzene rings is 2. The summed E-state index contributed by atoms with van der Waals surface area (Å²) in [6.07, 6.45) is 0. The fourth-order valence-electron chi connectivity index (χ4n) is 2.79. The minimum absolute atomic E-state index is 0.111. The molecule has 0 spiro atoms. The summed E-state index contributed by atoms with van der Waals surface area (Å²) >= 11 is 2.80. The summed E-state index contributed by atoms with van der Waals surface area (Å²) < 4.78 is 26.1. The van der Waals surface area contributed by atoms with E-state index < -0.39 is 0 Å². The van der Waals surface area contributed by atoms with E-state index in [4.69, 9.17) is 9.47 Å². The maximum absolute atomic E-state index is 13.1. The Balaban J connectivity index is 1.60. The van der Waals surface area contributed by atoms with Crippen LogP contribution in [0.5, 0.6) is 11.5 Å². The maximum Gasteiger partial charge on any atom is 0.276 e. The monoisotopic (exact) mass is 428 g/mol. The molecular formula is C21H17FN2O3S2. The van der Waals surface area contributed by atoms with Crippen LogP contribution in [-0.2, 0) is 0 Å². The Morgan fingerprint density at radius 1 is 1.14 bits per heavy atom. The lowest BCUT2D eigenvalue weighted by molar-refractivity contribution is 0.343. The van der Waals surface area contributed by atoms with Gasteiger partial charge >= 0.3 is 0 Å². The molecule has 2 heterocycles. The van der Waals surface area contributed by atoms with E-state index in [0.29, 0.717) is 44.9 Å². The maximum atomic E-state index is 13.1. The summed E-state index contributed by atoms with van der Waals surface area (Å²) in [4.78, 5) is 17.8. The second-order valence-electron chi connectivity index (χ2n) is 6.02. The number of methoxy groups -OCH3 is 1. The molecule has 2 aromatic carbocycles. The molecule has 0 aliphatic rings. The van der Waals surface area contributed by atoms with Crippen LogP contribution < -0.4 is 15.0 Å². The zero-order chi connectivity index (χ0) is 20.2. The molecular weight excluding hydrogens is 411 g/mol. The summed E-state index contributed by atoms with van der Waals surface area (Å²) in [5.41, 5.74) is 1.26. The summed E-state index contributed by atoms with van der Waals surface area (Å²) in [6, 6.07) is 15.1. The van der Waals surface area contributed by atoms with E-state index in [0.717, 1.165) is 0 Å². The summed E-state index contributed by atoms with van der Waals surface area (Å²) in [7, 11) is 1.59. The highest BCUT2D eigenvalue weighted by Crippen LogP contribution is 2.25. The Morgan fingerprint density at radius 2 is 1.97 bits per heavy atom. The van der Waals surface area contributed by atoms with E-state index in [9.17, 15) is 9.18 Å². The van der Waals surface area contributed by atoms with Gasteiger partial charge in [-0.15, -0.1) is 11.3 Å². The van der Waals surface area contributed by atoms with Gasteiger partial charge in [0, 0.05) is 11.8 Å². The second-order valence-corrected chi connectivity index (χ2v) is 8.00. The van der Waals surface area contributed by atoms with Crippen LogP contribution in [0.3, 0.4) is 0 Å². The number of ether oxygens (including phenoxy) is 2. The lowest BCUT2D eigenvalue weighted by atomic mass is 10.3. The van der Waals surface area contributed by atoms with Crippen molar-refractivity contribution in [3.63, 3.8) is 0 Å². The molecule has 0 saturated heterocycles. The SMILES string of the molecule is COc1cccc(-n2c(SCCOc3ccc(F)cc3)nc3ccsc3c2=O)c1. The molecule has 0 amide bonds. The van der Waals surface area contributed by atoms with Gasteiger partial charge < -0.3 is 9.47 Å². The van der Waals surface area contributed by atoms with Gasteiger partial charge in [0.15, 0.2) is 5.16 Å². The molecule has 0 fully saturated rings. The highest BCUT2D eigenvalue weighted by Gasteiger charge is 2.15. The number of nitrogens with zero attached hydrogens (tertiary/aromatic N) is 2. The molecule has 0 unspecified atom stereocenters. The number of thioether (sulfide) groups is 1. The Bertz CT molecular complexity index is 1190. The zero-order valence-corrected chi connectivity index (χ0v) is 17.1. The Hall–Kier alpha value is -2.84. The topological polar surface area (TPSA) is 53.4 Å². The van der Waals surface area contributed by atoms with Crippen molar-refractivity contribution < 1.29 is 13.9 Å². The second kappa shape index (κ2) is 8.67. The molecule has 0 aliphatic heterocycles. The van der Waals surface area contributed by atoms with Crippen molar-refractivity contribution in [2.75, 3.05) is 19.5 Å². The van der Waals surface area contributed by atoms with Crippen LogP contribution >= 0.6 is 23.1 Å². The lowest BCUT2D eigenvalue weighted by Crippen LogP contribution is -2.21. The van der Waals surface area contributed by atoms with Crippen molar-refractivity contribution in [2.24, 2.45) is 0 Å². The largest absolute Gasteiger partial charge is 0.497 e. The van der Waals surface area contributed by atoms with Crippen LogP contribution in [0.1, 0.15) is 0 Å². The number of fused-ring (bicyclic) bond motifs is 1. The average molecular weight is 429 g/mol. The first-order chi connectivity index (χ1) is 14.2. The van der Waals surface area contributed by atoms with Crippen LogP contribution in [-0.4, -0.2) is 29.0 Å². The molecule has 148 valence electrons. The quantitative estimate of drug-likeness (QED) is 0.241. The normalized spacial score (nSPS) is 11.0. The summed E-state index contributed by atoms with van der Waals surface area (Å²) in [6.45, 7) is 0.395. The van der Waals surface area contributed by atoms with E-state index in [1.54, 1.807) is 23.8 Å². The van der Waals surface area contributed by atoms with Crippen LogP contribution in [0.15, 0.2) is 69.9 Å². The van der Waals surface area contributed by atoms with Gasteiger partial charge in [0.25, 0.3) is 5.56 Å². The van der Waals surface area contributed by atoms with Crippen LogP contribution in [0.2, 0.25) is 0 Å². The number of thiophene rings is 1. The van der Waals surface area contributed by atoms with Gasteiger partial charge in [-0.25, -0.2) is 9.37 Å². The Morgan fingerprint density at radius 3 is 2.76 bits per heavy atom. The molecule has 4 rings (SSSR count). The smallest absolute Gasteiger partial charge is 0.276 e. The van der Waals surface area contributed by atoms with Gasteiger partial charge in [0.05, 0.1) is 24.9 Å². The minimum Gasteiger partial charge on any atom is -0.497 e. The molecule has 2 aromatic heterocycles. The predicted octanol–water partition coefficient (Wildman–Crippen LogP) is 4.77. The van der Waals surface area contributed by atoms with Crippen molar-refractivity contribution >= 4 is 33.3 Å². The van der Waals surface area contributed by atoms with E-state index in [1.807, 2.05) is 35.7 Å². The van der Waals surface area contributed by atoms with Crippen LogP contribution in [0, 0.1) is 5.82 Å². The van der Waals surface area contributed by atoms with Crippen LogP contribution in [0.4, 0.5) is 4.39 Å². The summed E-state index contributed by atoms with van der Waals surface area (Å²) in [5.74, 6) is 1.53. The average Bonchev–Trinajstić information content (AvgIpc) is 3.21. The van der Waals surface area contributed by atoms with Gasteiger partial charge in [-0.1, -0.05) is 17.8 Å². The zero-order valence-electron chi connectivity index (χ0n) is 15.5. The molecule has 5 nitrogen and oxygen atoms in total. The minimum atomic E-state index is -0.303. The Labute approximate surface area is 174 Å². The molecule has 0 N–H and O–H groups in total. The first kappa shape index (κ1) is 19.5. The van der Waals surface area contributed by atoms with E-state index in [2.05, 4.69) is 4.98 Å². The van der Waals surface area contributed by atoms with Crippen LogP contribution in [0.25, 0.3) is 15.9 Å². The first-order valence-corrected chi connectivity index (χ1v) is 10.7. The van der Waals surface area contributed by atoms with Crippen molar-refractivity contribution in [3.05, 3.63) is 76.1 Å². The van der Waals surface area contributed by atoms with Crippen molar-refractivity contribution in [1.82, 2.24) is 9.55 Å². The third kappa shape index (κ3) is 4.28. The van der Waals surface area contributed by atoms with E-state index in [1.165, 1.54) is 35.2 Å². The molecule has 0 radical (unpaired) electrons. The molecule has 4 aromatic rings. The standard InChI is InChI=1S/C21H17FN2O3S2/c1-26-17-4-2-3-15(13-17)24-20(25)19-18(9-11-28-19)23-21(24)29-12-10-27-16-7-5-14(22)6-8-16/h2-9,11,13H,10,12H2,1H3. The van der Waals surface area contributed by atoms with Crippen molar-refractivity contribution in [2.45, 2.75) is 5.16 Å². The molecule has 0 saturated carbocycles. The van der Waals surface area contributed by atoms with Gasteiger partial charge in [0.1, 0.15) is 22.0 Å². The van der Waals surface area contributed by atoms with Crippen molar-refractivity contribution in [3.8, 4) is 17.2 Å². The fraction of sp³-hybridized carbons (Fsp3) is 0.143. The number of hydrogen-bond donors (Lipinski definition) is 0. The molecule has 0 atom stereocenters. The Kier molecular flexibility index (Phi) is 5.82. The highest BCUT2D eigenvalue weighted by atomic mass is 32.2. The van der Waals surface area contributed by atoms with Crippen molar-refractivity contribution in [1.29, 1.82) is 0 Å². The van der Waals surface area contributed by atoms with Gasteiger partial charge in [-0.3, -0.25) is 9.36 Å². The van der Waals surface area contributed by atoms with E-state index >= 15 is 0 Å². The molecule has 29 heavy (non-hydrogen) atoms. The molecule has 0 aliphatic carbocycles.